The maximum Gasteiger partial charge on any atom is 0.353 e. The summed E-state index contributed by atoms with van der Waals surface area (Å²) in [4.78, 5) is 28.8. The van der Waals surface area contributed by atoms with Crippen LogP contribution in [0, 0.1) is 10.1 Å². The Balaban J connectivity index is 2.67. The minimum absolute atomic E-state index is 0.0938. The van der Waals surface area contributed by atoms with Crippen molar-refractivity contribution in [3.05, 3.63) is 16.4 Å². The van der Waals surface area contributed by atoms with Crippen LogP contribution >= 0.6 is 0 Å². The fraction of sp³-hybridized carbons (Fsp3) is 0.545. The lowest BCUT2D eigenvalue weighted by atomic mass is 10.4. The molecule has 0 aliphatic carbocycles. The zero-order chi connectivity index (χ0) is 15.7. The topological polar surface area (TPSA) is 145 Å². The molecule has 1 aromatic rings. The van der Waals surface area contributed by atoms with Crippen LogP contribution in [-0.4, -0.2) is 47.1 Å². The summed E-state index contributed by atoms with van der Waals surface area (Å²) < 4.78 is 4.95. The number of nitrogens with two attached hydrogens (primary N) is 1. The summed E-state index contributed by atoms with van der Waals surface area (Å²) in [6.45, 7) is 2.73. The second-order valence-corrected chi connectivity index (χ2v) is 4.05. The Morgan fingerprint density at radius 2 is 2.00 bits per heavy atom. The van der Waals surface area contributed by atoms with Gasteiger partial charge < -0.3 is 21.1 Å². The van der Waals surface area contributed by atoms with Gasteiger partial charge in [0.1, 0.15) is 12.9 Å². The molecule has 1 aromatic heterocycles. The van der Waals surface area contributed by atoms with Gasteiger partial charge in [-0.3, -0.25) is 14.9 Å². The van der Waals surface area contributed by atoms with Gasteiger partial charge in [0, 0.05) is 13.1 Å². The van der Waals surface area contributed by atoms with E-state index in [4.69, 9.17) is 10.5 Å². The lowest BCUT2D eigenvalue weighted by Gasteiger charge is -2.09. The van der Waals surface area contributed by atoms with Gasteiger partial charge in [-0.1, -0.05) is 6.92 Å². The molecular formula is C11H18N6O4. The summed E-state index contributed by atoms with van der Waals surface area (Å²) >= 11 is 0. The smallest absolute Gasteiger partial charge is 0.353 e. The molecule has 0 aliphatic heterocycles. The Morgan fingerprint density at radius 3 is 2.52 bits per heavy atom. The molecule has 0 saturated heterocycles. The van der Waals surface area contributed by atoms with Gasteiger partial charge in [-0.2, -0.15) is 0 Å². The molecule has 4 N–H and O–H groups in total. The van der Waals surface area contributed by atoms with E-state index in [0.29, 0.717) is 6.54 Å². The number of carbonyl (C=O) groups excluding carboxylic acids is 1. The average molecular weight is 298 g/mol. The second-order valence-electron chi connectivity index (χ2n) is 4.05. The highest BCUT2D eigenvalue weighted by Gasteiger charge is 2.22. The number of nitrogens with one attached hydrogen (secondary N) is 2. The Morgan fingerprint density at radius 1 is 1.38 bits per heavy atom. The first kappa shape index (κ1) is 16.6. The quantitative estimate of drug-likeness (QED) is 0.313. The van der Waals surface area contributed by atoms with Crippen molar-refractivity contribution in [3.8, 4) is 0 Å². The highest BCUT2D eigenvalue weighted by Crippen LogP contribution is 2.28. The molecule has 21 heavy (non-hydrogen) atoms. The van der Waals surface area contributed by atoms with Gasteiger partial charge in [0.25, 0.3) is 0 Å². The SMILES string of the molecule is CCCNc1ncnc(NCCOCC(N)=O)c1[N+](=O)[O-]. The van der Waals surface area contributed by atoms with E-state index in [1.165, 1.54) is 6.33 Å². The van der Waals surface area contributed by atoms with Crippen molar-refractivity contribution in [1.82, 2.24) is 9.97 Å². The van der Waals surface area contributed by atoms with E-state index in [0.717, 1.165) is 6.42 Å². The van der Waals surface area contributed by atoms with Crippen molar-refractivity contribution in [3.63, 3.8) is 0 Å². The third-order valence-electron chi connectivity index (χ3n) is 2.33. The first-order valence-corrected chi connectivity index (χ1v) is 6.39. The number of ether oxygens (including phenoxy) is 1. The normalized spacial score (nSPS) is 10.1. The lowest BCUT2D eigenvalue weighted by Crippen LogP contribution is -2.21. The van der Waals surface area contributed by atoms with Crippen molar-refractivity contribution in [2.24, 2.45) is 5.73 Å². The molecule has 116 valence electrons. The van der Waals surface area contributed by atoms with Gasteiger partial charge in [-0.25, -0.2) is 9.97 Å². The van der Waals surface area contributed by atoms with E-state index in [9.17, 15) is 14.9 Å². The predicted octanol–water partition coefficient (Wildman–Crippen LogP) is 0.121. The van der Waals surface area contributed by atoms with Crippen LogP contribution in [0.15, 0.2) is 6.33 Å². The molecule has 1 rings (SSSR count). The van der Waals surface area contributed by atoms with Gasteiger partial charge in [0.2, 0.25) is 17.5 Å². The van der Waals surface area contributed by atoms with Gasteiger partial charge in [0.05, 0.1) is 11.5 Å². The fourth-order valence-electron chi connectivity index (χ4n) is 1.47. The standard InChI is InChI=1S/C11H18N6O4/c1-2-3-13-10-9(17(19)20)11(16-7-15-10)14-4-5-21-6-8(12)18/h7H,2-6H2,1H3,(H2,12,18)(H2,13,14,15,16). The van der Waals surface area contributed by atoms with Crippen LogP contribution in [0.2, 0.25) is 0 Å². The fourth-order valence-corrected chi connectivity index (χ4v) is 1.47. The van der Waals surface area contributed by atoms with Crippen LogP contribution in [0.5, 0.6) is 0 Å². The van der Waals surface area contributed by atoms with Crippen LogP contribution < -0.4 is 16.4 Å². The summed E-state index contributed by atoms with van der Waals surface area (Å²) in [5.41, 5.74) is 4.69. The predicted molar refractivity (Wildman–Crippen MR) is 76.0 cm³/mol. The minimum Gasteiger partial charge on any atom is -0.370 e. The minimum atomic E-state index is -0.575. The van der Waals surface area contributed by atoms with E-state index in [-0.39, 0.29) is 37.1 Å². The number of carbonyl (C=O) groups is 1. The second kappa shape index (κ2) is 8.64. The van der Waals surface area contributed by atoms with Crippen LogP contribution in [0.4, 0.5) is 17.3 Å². The van der Waals surface area contributed by atoms with Crippen LogP contribution in [-0.2, 0) is 9.53 Å². The Bertz CT molecular complexity index is 496. The zero-order valence-corrected chi connectivity index (χ0v) is 11.7. The molecular weight excluding hydrogens is 280 g/mol. The van der Waals surface area contributed by atoms with Gasteiger partial charge in [-0.05, 0) is 6.42 Å². The Labute approximate surface area is 121 Å². The molecule has 0 saturated carbocycles. The first-order chi connectivity index (χ1) is 10.1. The van der Waals surface area contributed by atoms with Crippen molar-refractivity contribution < 1.29 is 14.5 Å². The molecule has 0 radical (unpaired) electrons. The number of amides is 1. The highest BCUT2D eigenvalue weighted by molar-refractivity contribution is 5.75. The highest BCUT2D eigenvalue weighted by atomic mass is 16.6. The number of anilines is 2. The van der Waals surface area contributed by atoms with Crippen molar-refractivity contribution >= 4 is 23.2 Å². The molecule has 0 aromatic carbocycles. The number of primary amides is 1. The van der Waals surface area contributed by atoms with Gasteiger partial charge in [-0.15, -0.1) is 0 Å². The molecule has 10 nitrogen and oxygen atoms in total. The third kappa shape index (κ3) is 5.57. The average Bonchev–Trinajstić information content (AvgIpc) is 2.44. The summed E-state index contributed by atoms with van der Waals surface area (Å²) in [5.74, 6) is -0.317. The maximum absolute atomic E-state index is 11.1. The maximum atomic E-state index is 11.1. The summed E-state index contributed by atoms with van der Waals surface area (Å²) in [7, 11) is 0. The number of nitro groups is 1. The van der Waals surface area contributed by atoms with E-state index in [1.807, 2.05) is 6.92 Å². The van der Waals surface area contributed by atoms with Crippen LogP contribution in [0.3, 0.4) is 0 Å². The molecule has 10 heteroatoms. The zero-order valence-electron chi connectivity index (χ0n) is 11.7. The molecule has 1 heterocycles. The van der Waals surface area contributed by atoms with Gasteiger partial charge >= 0.3 is 5.69 Å². The van der Waals surface area contributed by atoms with Crippen molar-refractivity contribution in [1.29, 1.82) is 0 Å². The molecule has 0 unspecified atom stereocenters. The van der Waals surface area contributed by atoms with Crippen LogP contribution in [0.25, 0.3) is 0 Å². The lowest BCUT2D eigenvalue weighted by molar-refractivity contribution is -0.383. The Hall–Kier alpha value is -2.49. The number of rotatable bonds is 10. The van der Waals surface area contributed by atoms with E-state index in [2.05, 4.69) is 20.6 Å². The number of hydrogen-bond donors (Lipinski definition) is 3. The summed E-state index contributed by atoms with van der Waals surface area (Å²) in [5, 5.41) is 16.8. The number of nitrogens with zero attached hydrogens (tertiary/aromatic N) is 3. The molecule has 1 amide bonds. The molecule has 0 atom stereocenters. The largest absolute Gasteiger partial charge is 0.370 e. The molecule has 0 fully saturated rings. The molecule has 0 bridgehead atoms. The van der Waals surface area contributed by atoms with E-state index in [1.54, 1.807) is 0 Å². The third-order valence-corrected chi connectivity index (χ3v) is 2.33. The molecule has 0 aliphatic rings. The first-order valence-electron chi connectivity index (χ1n) is 6.39. The Kier molecular flexibility index (Phi) is 6.81. The number of aromatic nitrogens is 2. The van der Waals surface area contributed by atoms with E-state index >= 15 is 0 Å². The van der Waals surface area contributed by atoms with Crippen molar-refractivity contribution in [2.75, 3.05) is 36.9 Å². The van der Waals surface area contributed by atoms with E-state index < -0.39 is 10.8 Å². The molecule has 0 spiro atoms. The van der Waals surface area contributed by atoms with Crippen molar-refractivity contribution in [2.45, 2.75) is 13.3 Å². The van der Waals surface area contributed by atoms with Gasteiger partial charge in [0.15, 0.2) is 0 Å². The van der Waals surface area contributed by atoms with Crippen LogP contribution in [0.1, 0.15) is 13.3 Å². The summed E-state index contributed by atoms with van der Waals surface area (Å²) in [6, 6.07) is 0. The summed E-state index contributed by atoms with van der Waals surface area (Å²) in [6.07, 6.45) is 2.04. The number of hydrogen-bond acceptors (Lipinski definition) is 8. The monoisotopic (exact) mass is 298 g/mol.